The van der Waals surface area contributed by atoms with Crippen LogP contribution in [0.3, 0.4) is 0 Å². The van der Waals surface area contributed by atoms with Crippen molar-refractivity contribution in [2.45, 2.75) is 25.7 Å². The van der Waals surface area contributed by atoms with Gasteiger partial charge in [-0.3, -0.25) is 0 Å². The zero-order valence-corrected chi connectivity index (χ0v) is 16.0. The maximum atomic E-state index is 8.67. The average Bonchev–Trinajstić information content (AvgIpc) is 2.74. The average molecular weight is 386 g/mol. The third kappa shape index (κ3) is 6.05. The Morgan fingerprint density at radius 3 is 1.93 bits per heavy atom. The van der Waals surface area contributed by atoms with Gasteiger partial charge in [0.25, 0.3) is 0 Å². The molecular weight excluding hydrogens is 364 g/mol. The van der Waals surface area contributed by atoms with E-state index in [0.29, 0.717) is 56.6 Å². The number of hydrogen-bond donors (Lipinski definition) is 3. The van der Waals surface area contributed by atoms with Crippen LogP contribution in [0.2, 0.25) is 0 Å². The molecular formula is C21H22N8. The Morgan fingerprint density at radius 1 is 0.724 bits per heavy atom. The van der Waals surface area contributed by atoms with E-state index in [0.717, 1.165) is 16.5 Å². The molecule has 8 heteroatoms. The first-order valence-electron chi connectivity index (χ1n) is 9.52. The molecule has 0 radical (unpaired) electrons. The number of hydrogen-bond acceptors (Lipinski definition) is 8. The Labute approximate surface area is 169 Å². The second kappa shape index (κ2) is 10.4. The molecule has 8 nitrogen and oxygen atoms in total. The number of unbranched alkanes of at least 4 members (excludes halogenated alkanes) is 2. The Hall–Kier alpha value is -3.91. The summed E-state index contributed by atoms with van der Waals surface area (Å²) >= 11 is 0. The summed E-state index contributed by atoms with van der Waals surface area (Å²) in [7, 11) is 0. The van der Waals surface area contributed by atoms with Gasteiger partial charge in [0.05, 0.1) is 12.1 Å². The Bertz CT molecular complexity index is 995. The summed E-state index contributed by atoms with van der Waals surface area (Å²) in [5, 5.41) is 29.1. The molecule has 2 aromatic carbocycles. The molecule has 0 spiro atoms. The van der Waals surface area contributed by atoms with Gasteiger partial charge in [-0.1, -0.05) is 30.3 Å². The van der Waals surface area contributed by atoms with Crippen LogP contribution >= 0.6 is 0 Å². The zero-order valence-electron chi connectivity index (χ0n) is 16.0. The largest absolute Gasteiger partial charge is 0.354 e. The van der Waals surface area contributed by atoms with Crippen molar-refractivity contribution >= 4 is 34.3 Å². The smallest absolute Gasteiger partial charge is 0.233 e. The maximum Gasteiger partial charge on any atom is 0.233 e. The van der Waals surface area contributed by atoms with Gasteiger partial charge in [0.1, 0.15) is 0 Å². The summed E-state index contributed by atoms with van der Waals surface area (Å²) in [6.45, 7) is 1.20. The molecule has 3 N–H and O–H groups in total. The van der Waals surface area contributed by atoms with Crippen molar-refractivity contribution in [2.75, 3.05) is 29.0 Å². The molecule has 0 bridgehead atoms. The maximum absolute atomic E-state index is 8.67. The van der Waals surface area contributed by atoms with Crippen LogP contribution < -0.4 is 16.0 Å². The molecule has 0 aliphatic rings. The normalized spacial score (nSPS) is 10.1. The number of nitrogens with zero attached hydrogens (tertiary/aromatic N) is 5. The number of nitrogens with one attached hydrogen (secondary N) is 3. The van der Waals surface area contributed by atoms with E-state index in [-0.39, 0.29) is 0 Å². The number of aromatic nitrogens is 3. The molecule has 1 heterocycles. The first kappa shape index (κ1) is 19.8. The lowest BCUT2D eigenvalue weighted by Gasteiger charge is -2.11. The van der Waals surface area contributed by atoms with Crippen molar-refractivity contribution in [1.29, 1.82) is 10.5 Å². The highest BCUT2D eigenvalue weighted by Gasteiger charge is 2.07. The lowest BCUT2D eigenvalue weighted by molar-refractivity contribution is 0.866. The molecule has 146 valence electrons. The summed E-state index contributed by atoms with van der Waals surface area (Å²) in [5.74, 6) is 1.29. The van der Waals surface area contributed by atoms with Crippen LogP contribution in [-0.4, -0.2) is 28.0 Å². The van der Waals surface area contributed by atoms with Gasteiger partial charge in [-0.15, -0.1) is 0 Å². The van der Waals surface area contributed by atoms with Crippen molar-refractivity contribution in [1.82, 2.24) is 15.0 Å². The van der Waals surface area contributed by atoms with Gasteiger partial charge in [0.15, 0.2) is 0 Å². The SMILES string of the molecule is N#CCCCNc1nc(NCCCC#N)nc(Nc2ccc3ccccc3c2)n1. The highest BCUT2D eigenvalue weighted by Crippen LogP contribution is 2.21. The first-order chi connectivity index (χ1) is 14.3. The number of nitriles is 2. The highest BCUT2D eigenvalue weighted by molar-refractivity contribution is 5.86. The van der Waals surface area contributed by atoms with Crippen molar-refractivity contribution < 1.29 is 0 Å². The lowest BCUT2D eigenvalue weighted by atomic mass is 10.1. The van der Waals surface area contributed by atoms with Gasteiger partial charge in [-0.25, -0.2) is 0 Å². The van der Waals surface area contributed by atoms with Gasteiger partial charge >= 0.3 is 0 Å². The van der Waals surface area contributed by atoms with Gasteiger partial charge < -0.3 is 16.0 Å². The zero-order chi connectivity index (χ0) is 20.3. The quantitative estimate of drug-likeness (QED) is 0.443. The number of rotatable bonds is 10. The molecule has 29 heavy (non-hydrogen) atoms. The van der Waals surface area contributed by atoms with E-state index in [9.17, 15) is 0 Å². The molecule has 0 saturated heterocycles. The molecule has 3 aromatic rings. The molecule has 0 aliphatic heterocycles. The second-order valence-electron chi connectivity index (χ2n) is 6.37. The predicted molar refractivity (Wildman–Crippen MR) is 114 cm³/mol. The third-order valence-corrected chi connectivity index (χ3v) is 4.14. The molecule has 1 aromatic heterocycles. The minimum atomic E-state index is 0.417. The van der Waals surface area contributed by atoms with Crippen molar-refractivity contribution in [3.05, 3.63) is 42.5 Å². The number of anilines is 4. The van der Waals surface area contributed by atoms with Crippen LogP contribution in [0.4, 0.5) is 23.5 Å². The fourth-order valence-electron chi connectivity index (χ4n) is 2.72. The Kier molecular flexibility index (Phi) is 7.14. The van der Waals surface area contributed by atoms with Crippen LogP contribution in [0.1, 0.15) is 25.7 Å². The van der Waals surface area contributed by atoms with E-state index in [1.165, 1.54) is 0 Å². The fourth-order valence-corrected chi connectivity index (χ4v) is 2.72. The standard InChI is InChI=1S/C21H22N8/c22-11-3-5-13-24-19-27-20(25-14-6-4-12-23)29-21(28-19)26-18-10-9-16-7-1-2-8-17(16)15-18/h1-2,7-10,15H,3-6,13-14H2,(H3,24,25,26,27,28,29). The Morgan fingerprint density at radius 2 is 1.31 bits per heavy atom. The third-order valence-electron chi connectivity index (χ3n) is 4.14. The summed E-state index contributed by atoms with van der Waals surface area (Å²) in [4.78, 5) is 13.2. The van der Waals surface area contributed by atoms with Gasteiger partial charge in [-0.2, -0.15) is 25.5 Å². The summed E-state index contributed by atoms with van der Waals surface area (Å²) in [6.07, 6.45) is 2.36. The monoisotopic (exact) mass is 386 g/mol. The van der Waals surface area contributed by atoms with Gasteiger partial charge in [-0.05, 0) is 35.7 Å². The van der Waals surface area contributed by atoms with Crippen molar-refractivity contribution in [3.63, 3.8) is 0 Å². The van der Waals surface area contributed by atoms with Crippen LogP contribution in [0.25, 0.3) is 10.8 Å². The molecule has 0 unspecified atom stereocenters. The summed E-state index contributed by atoms with van der Waals surface area (Å²) < 4.78 is 0. The highest BCUT2D eigenvalue weighted by atomic mass is 15.3. The summed E-state index contributed by atoms with van der Waals surface area (Å²) in [6, 6.07) is 18.4. The fraction of sp³-hybridized carbons (Fsp3) is 0.286. The number of fused-ring (bicyclic) bond motifs is 1. The Balaban J connectivity index is 1.76. The van der Waals surface area contributed by atoms with E-state index >= 15 is 0 Å². The lowest BCUT2D eigenvalue weighted by Crippen LogP contribution is -2.12. The van der Waals surface area contributed by atoms with Crippen molar-refractivity contribution in [2.24, 2.45) is 0 Å². The van der Waals surface area contributed by atoms with Crippen molar-refractivity contribution in [3.8, 4) is 12.1 Å². The molecule has 0 fully saturated rings. The van der Waals surface area contributed by atoms with E-state index in [1.807, 2.05) is 30.3 Å². The second-order valence-corrected chi connectivity index (χ2v) is 6.37. The summed E-state index contributed by atoms with van der Waals surface area (Å²) in [5.41, 5.74) is 0.876. The minimum Gasteiger partial charge on any atom is -0.354 e. The molecule has 0 saturated carbocycles. The minimum absolute atomic E-state index is 0.417. The molecule has 0 atom stereocenters. The van der Waals surface area contributed by atoms with E-state index in [1.54, 1.807) is 0 Å². The topological polar surface area (TPSA) is 122 Å². The van der Waals surface area contributed by atoms with Crippen LogP contribution in [-0.2, 0) is 0 Å². The first-order valence-corrected chi connectivity index (χ1v) is 9.52. The van der Waals surface area contributed by atoms with Crippen LogP contribution in [0.5, 0.6) is 0 Å². The van der Waals surface area contributed by atoms with Crippen LogP contribution in [0.15, 0.2) is 42.5 Å². The molecule has 0 amide bonds. The van der Waals surface area contributed by atoms with E-state index in [2.05, 4.69) is 55.2 Å². The van der Waals surface area contributed by atoms with Gasteiger partial charge in [0, 0.05) is 31.6 Å². The van der Waals surface area contributed by atoms with Crippen LogP contribution in [0, 0.1) is 22.7 Å². The van der Waals surface area contributed by atoms with E-state index < -0.39 is 0 Å². The number of benzene rings is 2. The molecule has 0 aliphatic carbocycles. The predicted octanol–water partition coefficient (Wildman–Crippen LogP) is 4.20. The molecule has 3 rings (SSSR count). The van der Waals surface area contributed by atoms with E-state index in [4.69, 9.17) is 10.5 Å². The van der Waals surface area contributed by atoms with Gasteiger partial charge in [0.2, 0.25) is 17.8 Å².